The van der Waals surface area contributed by atoms with Crippen LogP contribution in [0, 0.1) is 0 Å². The number of anilines is 3. The van der Waals surface area contributed by atoms with Gasteiger partial charge in [0, 0.05) is 24.2 Å². The fourth-order valence-corrected chi connectivity index (χ4v) is 3.60. The number of nitrogens with zero attached hydrogens (tertiary/aromatic N) is 2. The fraction of sp³-hybridized carbons (Fsp3) is 0.231. The summed E-state index contributed by atoms with van der Waals surface area (Å²) < 4.78 is 39.5. The zero-order valence-electron chi connectivity index (χ0n) is 18.6. The predicted molar refractivity (Wildman–Crippen MR) is 130 cm³/mol. The number of rotatable bonds is 9. The van der Waals surface area contributed by atoms with E-state index in [2.05, 4.69) is 4.99 Å². The third-order valence-corrected chi connectivity index (χ3v) is 5.28. The second-order valence-corrected chi connectivity index (χ2v) is 7.74. The van der Waals surface area contributed by atoms with Gasteiger partial charge in [0.05, 0.1) is 16.9 Å². The lowest BCUT2D eigenvalue weighted by Gasteiger charge is -2.24. The van der Waals surface area contributed by atoms with E-state index in [1.54, 1.807) is 17.0 Å². The van der Waals surface area contributed by atoms with Crippen molar-refractivity contribution in [1.82, 2.24) is 0 Å². The molecule has 3 aromatic rings. The van der Waals surface area contributed by atoms with Gasteiger partial charge < -0.3 is 11.5 Å². The first kappa shape index (κ1) is 24.8. The van der Waals surface area contributed by atoms with Crippen molar-refractivity contribution >= 4 is 28.8 Å². The summed E-state index contributed by atoms with van der Waals surface area (Å²) in [5.41, 5.74) is 12.9. The highest BCUT2D eigenvalue weighted by Crippen LogP contribution is 2.32. The molecule has 34 heavy (non-hydrogen) atoms. The minimum absolute atomic E-state index is 0.0915. The Hall–Kier alpha value is -3.81. The van der Waals surface area contributed by atoms with Gasteiger partial charge in [0.1, 0.15) is 5.84 Å². The fourth-order valence-electron chi connectivity index (χ4n) is 3.60. The van der Waals surface area contributed by atoms with E-state index < -0.39 is 11.7 Å². The first-order chi connectivity index (χ1) is 16.3. The smallest absolute Gasteiger partial charge is 0.397 e. The number of nitrogens with two attached hydrogens (primary N) is 2. The number of carbonyl (C=O) groups is 1. The molecule has 0 aromatic heterocycles. The van der Waals surface area contributed by atoms with Gasteiger partial charge >= 0.3 is 6.18 Å². The van der Waals surface area contributed by atoms with Crippen LogP contribution in [0.1, 0.15) is 36.8 Å². The van der Waals surface area contributed by atoms with Gasteiger partial charge in [-0.2, -0.15) is 13.2 Å². The van der Waals surface area contributed by atoms with Crippen LogP contribution in [-0.2, 0) is 11.0 Å². The lowest BCUT2D eigenvalue weighted by atomic mass is 10.1. The largest absolute Gasteiger partial charge is 0.417 e. The SMILES string of the molecule is NC(=NCCCCCC(=O)N(c1ccccc1)c1ccccc1N)c1ccccc1C(F)(F)F. The van der Waals surface area contributed by atoms with E-state index in [-0.39, 0.29) is 23.9 Å². The molecule has 0 heterocycles. The second kappa shape index (κ2) is 11.4. The molecular formula is C26H27F3N4O. The summed E-state index contributed by atoms with van der Waals surface area (Å²) in [6, 6.07) is 21.6. The molecule has 0 saturated carbocycles. The number of carbonyl (C=O) groups excluding carboxylic acids is 1. The van der Waals surface area contributed by atoms with E-state index in [1.165, 1.54) is 18.2 Å². The normalized spacial score (nSPS) is 11.9. The van der Waals surface area contributed by atoms with Gasteiger partial charge in [-0.1, -0.05) is 55.0 Å². The highest BCUT2D eigenvalue weighted by atomic mass is 19.4. The van der Waals surface area contributed by atoms with Crippen molar-refractivity contribution in [3.63, 3.8) is 0 Å². The summed E-state index contributed by atoms with van der Waals surface area (Å²) in [4.78, 5) is 18.8. The Morgan fingerprint density at radius 2 is 1.50 bits per heavy atom. The van der Waals surface area contributed by atoms with Gasteiger partial charge in [-0.05, 0) is 43.2 Å². The molecule has 0 saturated heterocycles. The molecule has 1 amide bonds. The van der Waals surface area contributed by atoms with E-state index in [4.69, 9.17) is 11.5 Å². The molecule has 8 heteroatoms. The maximum absolute atomic E-state index is 13.2. The van der Waals surface area contributed by atoms with E-state index in [1.807, 2.05) is 42.5 Å². The van der Waals surface area contributed by atoms with Crippen LogP contribution < -0.4 is 16.4 Å². The molecule has 0 aliphatic heterocycles. The third-order valence-electron chi connectivity index (χ3n) is 5.28. The predicted octanol–water partition coefficient (Wildman–Crippen LogP) is 5.92. The van der Waals surface area contributed by atoms with E-state index >= 15 is 0 Å². The number of para-hydroxylation sites is 3. The van der Waals surface area contributed by atoms with Crippen molar-refractivity contribution < 1.29 is 18.0 Å². The van der Waals surface area contributed by atoms with E-state index in [9.17, 15) is 18.0 Å². The van der Waals surface area contributed by atoms with Crippen LogP contribution in [-0.4, -0.2) is 18.3 Å². The third kappa shape index (κ3) is 6.37. The molecule has 0 bridgehead atoms. The van der Waals surface area contributed by atoms with Crippen LogP contribution in [0.3, 0.4) is 0 Å². The highest BCUT2D eigenvalue weighted by Gasteiger charge is 2.33. The van der Waals surface area contributed by atoms with Crippen LogP contribution in [0.25, 0.3) is 0 Å². The Kier molecular flexibility index (Phi) is 8.29. The van der Waals surface area contributed by atoms with Crippen molar-refractivity contribution in [3.8, 4) is 0 Å². The average Bonchev–Trinajstić information content (AvgIpc) is 2.82. The Bertz CT molecular complexity index is 1130. The molecule has 0 unspecified atom stereocenters. The lowest BCUT2D eigenvalue weighted by Crippen LogP contribution is -2.26. The molecule has 0 spiro atoms. The molecule has 4 N–H and O–H groups in total. The first-order valence-corrected chi connectivity index (χ1v) is 11.0. The van der Waals surface area contributed by atoms with Gasteiger partial charge in [0.15, 0.2) is 0 Å². The number of hydrogen-bond acceptors (Lipinski definition) is 3. The monoisotopic (exact) mass is 468 g/mol. The second-order valence-electron chi connectivity index (χ2n) is 7.74. The van der Waals surface area contributed by atoms with E-state index in [0.29, 0.717) is 37.1 Å². The Morgan fingerprint density at radius 3 is 2.21 bits per heavy atom. The standard InChI is InChI=1S/C26H27F3N4O/c27-26(28,29)21-14-7-6-13-20(21)25(31)32-18-10-2-5-17-24(34)33(19-11-3-1-4-12-19)23-16-9-8-15-22(23)30/h1,3-4,6-9,11-16H,2,5,10,17-18,30H2,(H2,31,32). The summed E-state index contributed by atoms with van der Waals surface area (Å²) in [5, 5.41) is 0. The maximum Gasteiger partial charge on any atom is 0.417 e. The summed E-state index contributed by atoms with van der Waals surface area (Å²) in [6.45, 7) is 0.278. The topological polar surface area (TPSA) is 84.7 Å². The van der Waals surface area contributed by atoms with Crippen LogP contribution in [0.4, 0.5) is 30.2 Å². The molecule has 5 nitrogen and oxygen atoms in total. The van der Waals surface area contributed by atoms with Crippen molar-refractivity contribution in [2.45, 2.75) is 31.9 Å². The van der Waals surface area contributed by atoms with Crippen molar-refractivity contribution in [2.24, 2.45) is 10.7 Å². The van der Waals surface area contributed by atoms with Gasteiger partial charge in [0.2, 0.25) is 5.91 Å². The molecule has 178 valence electrons. The van der Waals surface area contributed by atoms with Crippen LogP contribution in [0.15, 0.2) is 83.9 Å². The van der Waals surface area contributed by atoms with Gasteiger partial charge in [-0.3, -0.25) is 14.7 Å². The summed E-state index contributed by atoms with van der Waals surface area (Å²) >= 11 is 0. The highest BCUT2D eigenvalue weighted by molar-refractivity contribution is 6.03. The van der Waals surface area contributed by atoms with Crippen LogP contribution in [0.2, 0.25) is 0 Å². The number of aliphatic imine (C=N–C) groups is 1. The zero-order chi connectivity index (χ0) is 24.6. The first-order valence-electron chi connectivity index (χ1n) is 11.0. The summed E-state index contributed by atoms with van der Waals surface area (Å²) in [6.07, 6.45) is -2.33. The Morgan fingerprint density at radius 1 is 0.853 bits per heavy atom. The van der Waals surface area contributed by atoms with Crippen LogP contribution >= 0.6 is 0 Å². The Balaban J connectivity index is 1.57. The number of hydrogen-bond donors (Lipinski definition) is 2. The molecular weight excluding hydrogens is 441 g/mol. The number of halogens is 3. The number of amides is 1. The van der Waals surface area contributed by atoms with E-state index in [0.717, 1.165) is 11.8 Å². The number of benzene rings is 3. The zero-order valence-corrected chi connectivity index (χ0v) is 18.6. The van der Waals surface area contributed by atoms with Gasteiger partial charge in [0.25, 0.3) is 0 Å². The van der Waals surface area contributed by atoms with Gasteiger partial charge in [-0.25, -0.2) is 0 Å². The molecule has 0 radical (unpaired) electrons. The minimum Gasteiger partial charge on any atom is -0.397 e. The summed E-state index contributed by atoms with van der Waals surface area (Å²) in [5.74, 6) is -0.231. The number of unbranched alkanes of at least 4 members (excludes halogenated alkanes) is 2. The quantitative estimate of drug-likeness (QED) is 0.177. The molecule has 0 aliphatic carbocycles. The minimum atomic E-state index is -4.50. The van der Waals surface area contributed by atoms with Gasteiger partial charge in [-0.15, -0.1) is 0 Å². The number of nitrogen functional groups attached to an aromatic ring is 1. The van der Waals surface area contributed by atoms with Crippen molar-refractivity contribution in [3.05, 3.63) is 90.0 Å². The molecule has 0 fully saturated rings. The van der Waals surface area contributed by atoms with Crippen molar-refractivity contribution in [2.75, 3.05) is 17.2 Å². The lowest BCUT2D eigenvalue weighted by molar-refractivity contribution is -0.137. The molecule has 0 atom stereocenters. The molecule has 0 aliphatic rings. The Labute approximate surface area is 196 Å². The molecule has 3 rings (SSSR count). The molecule has 3 aromatic carbocycles. The number of amidine groups is 1. The maximum atomic E-state index is 13.2. The summed E-state index contributed by atoms with van der Waals surface area (Å²) in [7, 11) is 0. The van der Waals surface area contributed by atoms with Crippen molar-refractivity contribution in [1.29, 1.82) is 0 Å². The van der Waals surface area contributed by atoms with Crippen LogP contribution in [0.5, 0.6) is 0 Å². The average molecular weight is 469 g/mol. The number of alkyl halides is 3.